The van der Waals surface area contributed by atoms with Crippen LogP contribution in [0.3, 0.4) is 0 Å². The second kappa shape index (κ2) is 10.8. The number of fused-ring (bicyclic) bond motifs is 1. The van der Waals surface area contributed by atoms with Crippen LogP contribution in [-0.2, 0) is 17.6 Å². The van der Waals surface area contributed by atoms with E-state index in [2.05, 4.69) is 18.8 Å². The largest absolute Gasteiger partial charge is 0.493 e. The molecule has 0 spiro atoms. The van der Waals surface area contributed by atoms with Gasteiger partial charge in [-0.15, -0.1) is 0 Å². The van der Waals surface area contributed by atoms with Crippen molar-refractivity contribution in [3.05, 3.63) is 64.6 Å². The van der Waals surface area contributed by atoms with Crippen molar-refractivity contribution in [1.29, 1.82) is 0 Å². The van der Waals surface area contributed by atoms with Gasteiger partial charge in [0.15, 0.2) is 23.1 Å². The Balaban J connectivity index is 1.45. The van der Waals surface area contributed by atoms with Crippen molar-refractivity contribution in [2.75, 3.05) is 34.4 Å². The summed E-state index contributed by atoms with van der Waals surface area (Å²) in [5.74, 6) is 1.84. The van der Waals surface area contributed by atoms with Gasteiger partial charge < -0.3 is 19.1 Å². The van der Waals surface area contributed by atoms with Gasteiger partial charge in [0, 0.05) is 39.2 Å². The Kier molecular flexibility index (Phi) is 7.44. The summed E-state index contributed by atoms with van der Waals surface area (Å²) in [5, 5.41) is 4.90. The average Bonchev–Trinajstić information content (AvgIpc) is 3.55. The predicted molar refractivity (Wildman–Crippen MR) is 146 cm³/mol. The molecule has 9 nitrogen and oxygen atoms in total. The van der Waals surface area contributed by atoms with E-state index >= 15 is 0 Å². The van der Waals surface area contributed by atoms with Crippen LogP contribution in [0.25, 0.3) is 5.82 Å². The van der Waals surface area contributed by atoms with Crippen molar-refractivity contribution in [2.24, 2.45) is 5.41 Å². The van der Waals surface area contributed by atoms with Gasteiger partial charge >= 0.3 is 0 Å². The number of Topliss-reactive ketones (excluding diaryl/α,β-unsaturated/α-hetero) is 1. The summed E-state index contributed by atoms with van der Waals surface area (Å²) < 4.78 is 18.3. The third kappa shape index (κ3) is 5.54. The number of benzene rings is 1. The molecule has 0 N–H and O–H groups in total. The standard InChI is InChI=1S/C30H36N4O5/c1-30(2)15-23-28(24(35)16-30)22(13-19-8-10-25(37-4)26(14-19)38-5)32-34(23)27-11-9-20(17-31-27)29(36)33(3)18-21-7-6-12-39-21/h8-11,14,17,21H,6-7,12-13,15-16,18H2,1-5H3. The summed E-state index contributed by atoms with van der Waals surface area (Å²) in [4.78, 5) is 32.6. The molecule has 3 aromatic rings. The fourth-order valence-corrected chi connectivity index (χ4v) is 5.56. The molecule has 3 heterocycles. The van der Waals surface area contributed by atoms with E-state index in [-0.39, 0.29) is 23.2 Å². The number of pyridine rings is 1. The maximum atomic E-state index is 13.4. The normalized spacial score (nSPS) is 18.1. The van der Waals surface area contributed by atoms with Crippen molar-refractivity contribution in [3.63, 3.8) is 0 Å². The lowest BCUT2D eigenvalue weighted by molar-refractivity contribution is 0.0586. The molecular weight excluding hydrogens is 496 g/mol. The van der Waals surface area contributed by atoms with Gasteiger partial charge in [-0.3, -0.25) is 9.59 Å². The lowest BCUT2D eigenvalue weighted by Gasteiger charge is -2.29. The first-order valence-corrected chi connectivity index (χ1v) is 13.4. The van der Waals surface area contributed by atoms with Crippen molar-refractivity contribution in [2.45, 2.75) is 52.1 Å². The third-order valence-corrected chi connectivity index (χ3v) is 7.50. The zero-order valence-electron chi connectivity index (χ0n) is 23.3. The quantitative estimate of drug-likeness (QED) is 0.427. The Morgan fingerprint density at radius 1 is 1.15 bits per heavy atom. The molecule has 206 valence electrons. The molecule has 1 aliphatic heterocycles. The van der Waals surface area contributed by atoms with Crippen LogP contribution in [0, 0.1) is 5.41 Å². The number of carbonyl (C=O) groups excluding carboxylic acids is 2. The van der Waals surface area contributed by atoms with Crippen molar-refractivity contribution in [1.82, 2.24) is 19.7 Å². The monoisotopic (exact) mass is 532 g/mol. The molecule has 9 heteroatoms. The summed E-state index contributed by atoms with van der Waals surface area (Å²) in [6.07, 6.45) is 5.30. The number of likely N-dealkylation sites (N-methyl/N-ethyl adjacent to an activating group) is 1. The van der Waals surface area contributed by atoms with Gasteiger partial charge in [0.1, 0.15) is 0 Å². The van der Waals surface area contributed by atoms with Crippen molar-refractivity contribution < 1.29 is 23.8 Å². The van der Waals surface area contributed by atoms with Gasteiger partial charge in [-0.05, 0) is 54.5 Å². The van der Waals surface area contributed by atoms with Gasteiger partial charge in [0.2, 0.25) is 0 Å². The van der Waals surface area contributed by atoms with E-state index in [1.165, 1.54) is 0 Å². The lowest BCUT2D eigenvalue weighted by atomic mass is 9.75. The molecule has 2 aromatic heterocycles. The molecule has 1 aliphatic carbocycles. The molecule has 2 aliphatic rings. The minimum absolute atomic E-state index is 0.0885. The number of ketones is 1. The highest BCUT2D eigenvalue weighted by atomic mass is 16.5. The molecule has 1 atom stereocenters. The van der Waals surface area contributed by atoms with Crippen LogP contribution < -0.4 is 9.47 Å². The van der Waals surface area contributed by atoms with Crippen LogP contribution in [0.15, 0.2) is 36.5 Å². The highest BCUT2D eigenvalue weighted by Gasteiger charge is 2.37. The van der Waals surface area contributed by atoms with Crippen molar-refractivity contribution in [3.8, 4) is 17.3 Å². The number of hydrogen-bond donors (Lipinski definition) is 0. The number of hydrogen-bond acceptors (Lipinski definition) is 7. The van der Waals surface area contributed by atoms with E-state index in [0.717, 1.165) is 30.7 Å². The number of carbonyl (C=O) groups is 2. The number of methoxy groups -OCH3 is 2. The Hall–Kier alpha value is -3.72. The van der Waals surface area contributed by atoms with Gasteiger partial charge in [-0.2, -0.15) is 5.10 Å². The van der Waals surface area contributed by atoms with Crippen LogP contribution in [-0.4, -0.2) is 71.9 Å². The number of nitrogens with zero attached hydrogens (tertiary/aromatic N) is 4. The molecule has 5 rings (SSSR count). The summed E-state index contributed by atoms with van der Waals surface area (Å²) >= 11 is 0. The molecule has 1 amide bonds. The molecule has 0 saturated carbocycles. The minimum Gasteiger partial charge on any atom is -0.493 e. The summed E-state index contributed by atoms with van der Waals surface area (Å²) in [6, 6.07) is 9.29. The molecule has 1 fully saturated rings. The number of rotatable bonds is 8. The van der Waals surface area contributed by atoms with Gasteiger partial charge in [0.05, 0.1) is 42.8 Å². The maximum absolute atomic E-state index is 13.4. The van der Waals surface area contributed by atoms with E-state index in [0.29, 0.717) is 59.9 Å². The maximum Gasteiger partial charge on any atom is 0.255 e. The Bertz CT molecular complexity index is 1370. The highest BCUT2D eigenvalue weighted by molar-refractivity contribution is 6.00. The van der Waals surface area contributed by atoms with E-state index in [4.69, 9.17) is 19.3 Å². The summed E-state index contributed by atoms with van der Waals surface area (Å²) in [5.41, 5.74) is 3.50. The first kappa shape index (κ1) is 26.9. The van der Waals surface area contributed by atoms with Gasteiger partial charge in [0.25, 0.3) is 5.91 Å². The van der Waals surface area contributed by atoms with Gasteiger partial charge in [-0.25, -0.2) is 9.67 Å². The molecule has 1 unspecified atom stereocenters. The zero-order valence-corrected chi connectivity index (χ0v) is 23.3. The average molecular weight is 533 g/mol. The lowest BCUT2D eigenvalue weighted by Crippen LogP contribution is -2.34. The molecule has 39 heavy (non-hydrogen) atoms. The second-order valence-electron chi connectivity index (χ2n) is 11.2. The molecule has 0 bridgehead atoms. The Morgan fingerprint density at radius 3 is 2.62 bits per heavy atom. The number of ether oxygens (including phenoxy) is 3. The van der Waals surface area contributed by atoms with Gasteiger partial charge in [-0.1, -0.05) is 19.9 Å². The SMILES string of the molecule is COc1ccc(Cc2nn(-c3ccc(C(=O)N(C)CC4CCCO4)cn3)c3c2C(=O)CC(C)(C)C3)cc1OC. The van der Waals surface area contributed by atoms with Crippen LogP contribution in [0.2, 0.25) is 0 Å². The molecule has 0 radical (unpaired) electrons. The van der Waals surface area contributed by atoms with E-state index < -0.39 is 0 Å². The first-order valence-electron chi connectivity index (χ1n) is 13.4. The fraction of sp³-hybridized carbons (Fsp3) is 0.467. The van der Waals surface area contributed by atoms with E-state index in [1.54, 1.807) is 49.2 Å². The third-order valence-electron chi connectivity index (χ3n) is 7.50. The number of amides is 1. The summed E-state index contributed by atoms with van der Waals surface area (Å²) in [6.45, 7) is 5.50. The van der Waals surface area contributed by atoms with E-state index in [1.807, 2.05) is 18.2 Å². The van der Waals surface area contributed by atoms with Crippen LogP contribution >= 0.6 is 0 Å². The zero-order chi connectivity index (χ0) is 27.7. The highest BCUT2D eigenvalue weighted by Crippen LogP contribution is 2.38. The summed E-state index contributed by atoms with van der Waals surface area (Å²) in [7, 11) is 4.99. The predicted octanol–water partition coefficient (Wildman–Crippen LogP) is 4.28. The van der Waals surface area contributed by atoms with Crippen molar-refractivity contribution >= 4 is 11.7 Å². The van der Waals surface area contributed by atoms with Crippen LogP contribution in [0.1, 0.15) is 70.8 Å². The first-order chi connectivity index (χ1) is 18.7. The number of aromatic nitrogens is 3. The molecular formula is C30H36N4O5. The molecule has 1 saturated heterocycles. The van der Waals surface area contributed by atoms with Crippen LogP contribution in [0.5, 0.6) is 11.5 Å². The smallest absolute Gasteiger partial charge is 0.255 e. The van der Waals surface area contributed by atoms with Crippen LogP contribution in [0.4, 0.5) is 0 Å². The Labute approximate surface area is 229 Å². The molecule has 1 aromatic carbocycles. The minimum atomic E-state index is -0.191. The second-order valence-corrected chi connectivity index (χ2v) is 11.2. The van der Waals surface area contributed by atoms with E-state index in [9.17, 15) is 9.59 Å². The topological polar surface area (TPSA) is 95.8 Å². The Morgan fingerprint density at radius 2 is 1.95 bits per heavy atom. The fourth-order valence-electron chi connectivity index (χ4n) is 5.56.